The fraction of sp³-hybridized carbons (Fsp3) is 0.306. The number of aryl methyl sites for hydroxylation is 2. The van der Waals surface area contributed by atoms with Crippen LogP contribution in [0.4, 0.5) is 0 Å². The van der Waals surface area contributed by atoms with Crippen LogP contribution in [0.1, 0.15) is 53.9 Å². The lowest BCUT2D eigenvalue weighted by Gasteiger charge is -2.22. The van der Waals surface area contributed by atoms with Gasteiger partial charge in [-0.2, -0.15) is 0 Å². The first-order chi connectivity index (χ1) is 20.8. The Kier molecular flexibility index (Phi) is 11.5. The van der Waals surface area contributed by atoms with Crippen LogP contribution in [0.3, 0.4) is 0 Å². The van der Waals surface area contributed by atoms with E-state index in [2.05, 4.69) is 0 Å². The van der Waals surface area contributed by atoms with E-state index in [9.17, 15) is 25.2 Å². The molecule has 0 heterocycles. The Morgan fingerprint density at radius 3 is 2.09 bits per heavy atom. The van der Waals surface area contributed by atoms with Crippen LogP contribution in [0.5, 0.6) is 28.7 Å². The van der Waals surface area contributed by atoms with Gasteiger partial charge in [-0.1, -0.05) is 66.7 Å². The molecular formula is C36H40O7. The molecule has 4 N–H and O–H groups in total. The van der Waals surface area contributed by atoms with E-state index in [0.717, 1.165) is 28.7 Å². The number of aliphatic hydroxyl groups is 1. The van der Waals surface area contributed by atoms with E-state index in [4.69, 9.17) is 9.47 Å². The second-order valence-electron chi connectivity index (χ2n) is 10.8. The molecule has 0 aliphatic heterocycles. The lowest BCUT2D eigenvalue weighted by Crippen LogP contribution is -2.18. The van der Waals surface area contributed by atoms with E-state index >= 15 is 0 Å². The van der Waals surface area contributed by atoms with Crippen molar-refractivity contribution in [2.75, 3.05) is 13.7 Å². The normalized spacial score (nSPS) is 12.4. The van der Waals surface area contributed by atoms with Crippen LogP contribution in [0.25, 0.3) is 0 Å². The van der Waals surface area contributed by atoms with Gasteiger partial charge in [0.2, 0.25) is 5.75 Å². The Morgan fingerprint density at radius 2 is 1.42 bits per heavy atom. The number of Topliss-reactive ketones (excluding diaryl/α,β-unsaturated/α-hetero) is 1. The van der Waals surface area contributed by atoms with Crippen LogP contribution in [0.2, 0.25) is 0 Å². The molecule has 4 aromatic carbocycles. The zero-order valence-electron chi connectivity index (χ0n) is 24.5. The number of carbonyl (C=O) groups is 1. The van der Waals surface area contributed by atoms with Crippen molar-refractivity contribution in [3.8, 4) is 28.7 Å². The molecule has 0 spiro atoms. The van der Waals surface area contributed by atoms with Crippen LogP contribution >= 0.6 is 0 Å². The molecule has 0 fully saturated rings. The van der Waals surface area contributed by atoms with Gasteiger partial charge in [-0.3, -0.25) is 4.79 Å². The number of ether oxygens (including phenoxy) is 2. The zero-order valence-corrected chi connectivity index (χ0v) is 24.5. The van der Waals surface area contributed by atoms with E-state index in [-0.39, 0.29) is 47.5 Å². The van der Waals surface area contributed by atoms with E-state index in [1.54, 1.807) is 18.2 Å². The van der Waals surface area contributed by atoms with Crippen LogP contribution in [-0.4, -0.2) is 46.0 Å². The first-order valence-corrected chi connectivity index (χ1v) is 14.6. The summed E-state index contributed by atoms with van der Waals surface area (Å²) in [5.74, 6) is -0.295. The maximum absolute atomic E-state index is 12.8. The number of phenols is 3. The SMILES string of the molecule is COc1cc(CCC(=O)C[C@H](O)C[C@H](CCc2ccccc2)c2cc(O)c(O)c(OCCc3ccccc3)c2)ccc1O. The van der Waals surface area contributed by atoms with Crippen LogP contribution < -0.4 is 9.47 Å². The summed E-state index contributed by atoms with van der Waals surface area (Å²) in [7, 11) is 1.47. The molecule has 2 atom stereocenters. The third-order valence-corrected chi connectivity index (χ3v) is 7.62. The number of methoxy groups -OCH3 is 1. The average molecular weight is 585 g/mol. The fourth-order valence-corrected chi connectivity index (χ4v) is 5.23. The first kappa shape index (κ1) is 31.4. The summed E-state index contributed by atoms with van der Waals surface area (Å²) >= 11 is 0. The highest BCUT2D eigenvalue weighted by molar-refractivity contribution is 5.79. The van der Waals surface area contributed by atoms with Gasteiger partial charge >= 0.3 is 0 Å². The standard InChI is InChI=1S/C36H40O7/c1-42-34-20-27(14-17-32(34)39)13-16-30(37)24-31(38)21-28(15-12-25-8-4-2-5-9-25)29-22-33(40)36(41)35(23-29)43-19-18-26-10-6-3-7-11-26/h2-11,14,17,20,22-23,28,31,38-41H,12-13,15-16,18-19,21,24H2,1H3/t28-,31+/m0/s1. The molecule has 0 saturated carbocycles. The minimum atomic E-state index is -0.888. The van der Waals surface area contributed by atoms with Crippen molar-refractivity contribution in [3.63, 3.8) is 0 Å². The van der Waals surface area contributed by atoms with Gasteiger partial charge in [-0.05, 0) is 78.1 Å². The largest absolute Gasteiger partial charge is 0.504 e. The minimum Gasteiger partial charge on any atom is -0.504 e. The molecule has 4 rings (SSSR count). The van der Waals surface area contributed by atoms with E-state index < -0.39 is 6.10 Å². The lowest BCUT2D eigenvalue weighted by molar-refractivity contribution is -0.121. The van der Waals surface area contributed by atoms with Gasteiger partial charge in [-0.15, -0.1) is 0 Å². The third-order valence-electron chi connectivity index (χ3n) is 7.62. The fourth-order valence-electron chi connectivity index (χ4n) is 5.23. The van der Waals surface area contributed by atoms with Crippen molar-refractivity contribution in [3.05, 3.63) is 113 Å². The molecule has 43 heavy (non-hydrogen) atoms. The zero-order chi connectivity index (χ0) is 30.6. The minimum absolute atomic E-state index is 0.00154. The number of hydrogen-bond donors (Lipinski definition) is 4. The molecule has 7 nitrogen and oxygen atoms in total. The Bertz CT molecular complexity index is 1450. The molecule has 0 aliphatic rings. The number of ketones is 1. The Hall–Kier alpha value is -4.49. The highest BCUT2D eigenvalue weighted by atomic mass is 16.5. The molecule has 0 bridgehead atoms. The molecule has 0 aromatic heterocycles. The molecule has 0 amide bonds. The molecule has 0 saturated heterocycles. The van der Waals surface area contributed by atoms with Crippen LogP contribution in [0.15, 0.2) is 91.0 Å². The first-order valence-electron chi connectivity index (χ1n) is 14.6. The quantitative estimate of drug-likeness (QED) is 0.111. The highest BCUT2D eigenvalue weighted by Gasteiger charge is 2.22. The van der Waals surface area contributed by atoms with E-state index in [1.807, 2.05) is 60.7 Å². The summed E-state index contributed by atoms with van der Waals surface area (Å²) in [5.41, 5.74) is 3.83. The van der Waals surface area contributed by atoms with E-state index in [0.29, 0.717) is 38.0 Å². The van der Waals surface area contributed by atoms with Gasteiger partial charge in [0, 0.05) is 19.3 Å². The summed E-state index contributed by atoms with van der Waals surface area (Å²) in [6, 6.07) is 28.1. The van der Waals surface area contributed by atoms with Gasteiger partial charge in [-0.25, -0.2) is 0 Å². The van der Waals surface area contributed by atoms with Crippen molar-refractivity contribution in [2.45, 2.75) is 57.0 Å². The van der Waals surface area contributed by atoms with Crippen molar-refractivity contribution >= 4 is 5.78 Å². The van der Waals surface area contributed by atoms with Gasteiger partial charge in [0.1, 0.15) is 5.78 Å². The Balaban J connectivity index is 1.43. The number of benzene rings is 4. The maximum Gasteiger partial charge on any atom is 0.200 e. The number of carbonyl (C=O) groups excluding carboxylic acids is 1. The average Bonchev–Trinajstić information content (AvgIpc) is 3.01. The second kappa shape index (κ2) is 15.7. The smallest absolute Gasteiger partial charge is 0.200 e. The number of aliphatic hydroxyl groups excluding tert-OH is 1. The summed E-state index contributed by atoms with van der Waals surface area (Å²) in [6.45, 7) is 0.319. The van der Waals surface area contributed by atoms with Crippen molar-refractivity contribution < 1.29 is 34.7 Å². The summed E-state index contributed by atoms with van der Waals surface area (Å²) in [4.78, 5) is 12.8. The topological polar surface area (TPSA) is 116 Å². The molecule has 4 aromatic rings. The number of phenolic OH excluding ortho intramolecular Hbond substituents is 3. The number of rotatable bonds is 16. The number of aromatic hydroxyl groups is 3. The summed E-state index contributed by atoms with van der Waals surface area (Å²) < 4.78 is 11.0. The van der Waals surface area contributed by atoms with Crippen LogP contribution in [-0.2, 0) is 24.1 Å². The Labute approximate surface area is 253 Å². The summed E-state index contributed by atoms with van der Waals surface area (Å²) in [6.07, 6.45) is 2.17. The van der Waals surface area contributed by atoms with Crippen molar-refractivity contribution in [1.82, 2.24) is 0 Å². The highest BCUT2D eigenvalue weighted by Crippen LogP contribution is 2.41. The van der Waals surface area contributed by atoms with E-state index in [1.165, 1.54) is 19.2 Å². The molecular weight excluding hydrogens is 544 g/mol. The molecule has 0 radical (unpaired) electrons. The molecule has 0 aliphatic carbocycles. The lowest BCUT2D eigenvalue weighted by atomic mass is 9.86. The van der Waals surface area contributed by atoms with Crippen molar-refractivity contribution in [1.29, 1.82) is 0 Å². The van der Waals surface area contributed by atoms with Gasteiger partial charge in [0.05, 0.1) is 19.8 Å². The van der Waals surface area contributed by atoms with Gasteiger partial charge in [0.25, 0.3) is 0 Å². The second-order valence-corrected chi connectivity index (χ2v) is 10.8. The Morgan fingerprint density at radius 1 is 0.744 bits per heavy atom. The third kappa shape index (κ3) is 9.51. The number of hydrogen-bond acceptors (Lipinski definition) is 7. The van der Waals surface area contributed by atoms with Gasteiger partial charge < -0.3 is 29.9 Å². The molecule has 7 heteroatoms. The molecule has 0 unspecified atom stereocenters. The van der Waals surface area contributed by atoms with Crippen LogP contribution in [0, 0.1) is 0 Å². The summed E-state index contributed by atoms with van der Waals surface area (Å²) in [5, 5.41) is 41.9. The molecule has 226 valence electrons. The van der Waals surface area contributed by atoms with Gasteiger partial charge in [0.15, 0.2) is 23.0 Å². The predicted molar refractivity (Wildman–Crippen MR) is 166 cm³/mol. The van der Waals surface area contributed by atoms with Crippen molar-refractivity contribution in [2.24, 2.45) is 0 Å². The maximum atomic E-state index is 12.8. The monoisotopic (exact) mass is 584 g/mol. The predicted octanol–water partition coefficient (Wildman–Crippen LogP) is 6.49.